The Morgan fingerprint density at radius 3 is 2.69 bits per heavy atom. The summed E-state index contributed by atoms with van der Waals surface area (Å²) in [6, 6.07) is 17.1. The number of benzene rings is 2. The van der Waals surface area contributed by atoms with Crippen molar-refractivity contribution >= 4 is 17.5 Å². The SMILES string of the molecule is Cc1nonc1CC(=O)N1CCC2(C(=O)Nc3ccccc32)C1c1ccccc1. The zero-order valence-corrected chi connectivity index (χ0v) is 16.0. The third kappa shape index (κ3) is 2.57. The van der Waals surface area contributed by atoms with E-state index in [4.69, 9.17) is 4.63 Å². The van der Waals surface area contributed by atoms with Gasteiger partial charge < -0.3 is 10.2 Å². The maximum Gasteiger partial charge on any atom is 0.237 e. The predicted octanol–water partition coefficient (Wildman–Crippen LogP) is 2.78. The molecule has 5 rings (SSSR count). The molecule has 2 aliphatic rings. The van der Waals surface area contributed by atoms with Gasteiger partial charge in [-0.2, -0.15) is 0 Å². The molecule has 1 N–H and O–H groups in total. The van der Waals surface area contributed by atoms with E-state index in [1.165, 1.54) is 0 Å². The molecule has 7 nitrogen and oxygen atoms in total. The third-order valence-electron chi connectivity index (χ3n) is 6.09. The molecule has 2 aromatic carbocycles. The molecule has 146 valence electrons. The van der Waals surface area contributed by atoms with Crippen LogP contribution in [0.15, 0.2) is 59.2 Å². The topological polar surface area (TPSA) is 88.3 Å². The van der Waals surface area contributed by atoms with Gasteiger partial charge >= 0.3 is 0 Å². The van der Waals surface area contributed by atoms with E-state index < -0.39 is 5.41 Å². The number of carbonyl (C=O) groups is 2. The highest BCUT2D eigenvalue weighted by atomic mass is 16.6. The fourth-order valence-corrected chi connectivity index (χ4v) is 4.71. The summed E-state index contributed by atoms with van der Waals surface area (Å²) in [6.07, 6.45) is 0.662. The van der Waals surface area contributed by atoms with Gasteiger partial charge in [-0.1, -0.05) is 58.8 Å². The maximum absolute atomic E-state index is 13.3. The summed E-state index contributed by atoms with van der Waals surface area (Å²) in [6.45, 7) is 2.25. The normalized spacial score (nSPS) is 22.7. The summed E-state index contributed by atoms with van der Waals surface area (Å²) in [5.74, 6) is -0.145. The average molecular weight is 388 g/mol. The molecule has 1 spiro atoms. The fraction of sp³-hybridized carbons (Fsp3) is 0.273. The zero-order valence-electron chi connectivity index (χ0n) is 16.0. The first-order valence-electron chi connectivity index (χ1n) is 9.64. The van der Waals surface area contributed by atoms with Crippen LogP contribution in [-0.4, -0.2) is 33.6 Å². The van der Waals surface area contributed by atoms with Crippen LogP contribution in [0, 0.1) is 6.92 Å². The lowest BCUT2D eigenvalue weighted by molar-refractivity contribution is -0.133. The summed E-state index contributed by atoms with van der Waals surface area (Å²) >= 11 is 0. The van der Waals surface area contributed by atoms with Gasteiger partial charge in [0.1, 0.15) is 16.8 Å². The van der Waals surface area contributed by atoms with Crippen LogP contribution in [-0.2, 0) is 21.4 Å². The van der Waals surface area contributed by atoms with E-state index in [0.29, 0.717) is 24.4 Å². The molecule has 0 aliphatic carbocycles. The molecule has 3 heterocycles. The van der Waals surface area contributed by atoms with Crippen molar-refractivity contribution in [2.45, 2.75) is 31.2 Å². The van der Waals surface area contributed by atoms with Gasteiger partial charge in [0.15, 0.2) is 0 Å². The molecule has 0 bridgehead atoms. The molecular formula is C22H20N4O3. The lowest BCUT2D eigenvalue weighted by atomic mass is 9.72. The highest BCUT2D eigenvalue weighted by Gasteiger charge is 2.59. The standard InChI is InChI=1S/C22H20N4O3/c1-14-18(25-29-24-14)13-19(27)26-12-11-22(20(26)15-7-3-2-4-8-15)16-9-5-6-10-17(16)23-21(22)28/h2-10,20H,11-13H2,1H3,(H,23,28). The van der Waals surface area contributed by atoms with Crippen molar-refractivity contribution in [3.05, 3.63) is 77.1 Å². The molecule has 29 heavy (non-hydrogen) atoms. The van der Waals surface area contributed by atoms with Crippen molar-refractivity contribution in [1.82, 2.24) is 15.2 Å². The van der Waals surface area contributed by atoms with Crippen molar-refractivity contribution in [2.75, 3.05) is 11.9 Å². The van der Waals surface area contributed by atoms with Gasteiger partial charge in [0.25, 0.3) is 0 Å². The summed E-state index contributed by atoms with van der Waals surface area (Å²) in [5.41, 5.74) is 3.05. The van der Waals surface area contributed by atoms with Crippen LogP contribution in [0.3, 0.4) is 0 Å². The number of para-hydroxylation sites is 1. The zero-order chi connectivity index (χ0) is 20.0. The fourth-order valence-electron chi connectivity index (χ4n) is 4.71. The van der Waals surface area contributed by atoms with Crippen molar-refractivity contribution < 1.29 is 14.2 Å². The van der Waals surface area contributed by atoms with Gasteiger partial charge in [0.2, 0.25) is 11.8 Å². The van der Waals surface area contributed by atoms with Crippen LogP contribution in [0.4, 0.5) is 5.69 Å². The Morgan fingerprint density at radius 2 is 1.93 bits per heavy atom. The molecule has 1 aromatic heterocycles. The second-order valence-corrected chi connectivity index (χ2v) is 7.59. The van der Waals surface area contributed by atoms with Crippen LogP contribution in [0.1, 0.15) is 35.0 Å². The Hall–Kier alpha value is -3.48. The van der Waals surface area contributed by atoms with Gasteiger partial charge in [0, 0.05) is 12.2 Å². The lowest BCUT2D eigenvalue weighted by Gasteiger charge is -2.34. The predicted molar refractivity (Wildman–Crippen MR) is 105 cm³/mol. The lowest BCUT2D eigenvalue weighted by Crippen LogP contribution is -2.43. The number of nitrogens with one attached hydrogen (secondary N) is 1. The number of likely N-dealkylation sites (tertiary alicyclic amines) is 1. The second kappa shape index (κ2) is 6.55. The van der Waals surface area contributed by atoms with Crippen LogP contribution in [0.25, 0.3) is 0 Å². The summed E-state index contributed by atoms with van der Waals surface area (Å²) in [5, 5.41) is 10.6. The number of nitrogens with zero attached hydrogens (tertiary/aromatic N) is 3. The molecule has 2 aliphatic heterocycles. The summed E-state index contributed by atoms with van der Waals surface area (Å²) in [7, 11) is 0. The number of amides is 2. The van der Waals surface area contributed by atoms with Gasteiger partial charge in [-0.05, 0) is 30.5 Å². The minimum Gasteiger partial charge on any atom is -0.334 e. The van der Waals surface area contributed by atoms with Crippen LogP contribution >= 0.6 is 0 Å². The molecule has 0 saturated carbocycles. The average Bonchev–Trinajstić information content (AvgIpc) is 3.41. The molecular weight excluding hydrogens is 368 g/mol. The van der Waals surface area contributed by atoms with E-state index >= 15 is 0 Å². The van der Waals surface area contributed by atoms with Gasteiger partial charge in [-0.15, -0.1) is 0 Å². The number of rotatable bonds is 3. The molecule has 0 radical (unpaired) electrons. The Bertz CT molecular complexity index is 1090. The minimum atomic E-state index is -0.801. The summed E-state index contributed by atoms with van der Waals surface area (Å²) < 4.78 is 4.74. The largest absolute Gasteiger partial charge is 0.334 e. The van der Waals surface area contributed by atoms with E-state index in [0.717, 1.165) is 16.8 Å². The van der Waals surface area contributed by atoms with E-state index in [1.807, 2.05) is 59.5 Å². The number of aryl methyl sites for hydroxylation is 1. The molecule has 3 aromatic rings. The van der Waals surface area contributed by atoms with Crippen LogP contribution < -0.4 is 5.32 Å². The first kappa shape index (κ1) is 17.6. The highest BCUT2D eigenvalue weighted by molar-refractivity contribution is 6.07. The number of hydrogen-bond acceptors (Lipinski definition) is 5. The van der Waals surface area contributed by atoms with E-state index in [1.54, 1.807) is 6.92 Å². The molecule has 2 amide bonds. The Balaban J connectivity index is 1.60. The first-order valence-corrected chi connectivity index (χ1v) is 9.64. The van der Waals surface area contributed by atoms with Gasteiger partial charge in [-0.3, -0.25) is 9.59 Å². The molecule has 1 saturated heterocycles. The first-order chi connectivity index (χ1) is 14.1. The van der Waals surface area contributed by atoms with Crippen molar-refractivity contribution in [3.8, 4) is 0 Å². The van der Waals surface area contributed by atoms with Crippen molar-refractivity contribution in [1.29, 1.82) is 0 Å². The number of aromatic nitrogens is 2. The molecule has 1 fully saturated rings. The van der Waals surface area contributed by atoms with E-state index in [9.17, 15) is 9.59 Å². The maximum atomic E-state index is 13.3. The number of hydrogen-bond donors (Lipinski definition) is 1. The molecule has 7 heteroatoms. The molecule has 2 unspecified atom stereocenters. The monoisotopic (exact) mass is 388 g/mol. The number of fused-ring (bicyclic) bond motifs is 2. The minimum absolute atomic E-state index is 0.0536. The van der Waals surface area contributed by atoms with Crippen LogP contribution in [0.5, 0.6) is 0 Å². The highest BCUT2D eigenvalue weighted by Crippen LogP contribution is 2.54. The summed E-state index contributed by atoms with van der Waals surface area (Å²) in [4.78, 5) is 28.4. The second-order valence-electron chi connectivity index (χ2n) is 7.59. The number of carbonyl (C=O) groups excluding carboxylic acids is 2. The van der Waals surface area contributed by atoms with Crippen LogP contribution in [0.2, 0.25) is 0 Å². The Morgan fingerprint density at radius 1 is 1.17 bits per heavy atom. The molecule has 2 atom stereocenters. The van der Waals surface area contributed by atoms with Crippen molar-refractivity contribution in [3.63, 3.8) is 0 Å². The quantitative estimate of drug-likeness (QED) is 0.745. The third-order valence-corrected chi connectivity index (χ3v) is 6.09. The van der Waals surface area contributed by atoms with Crippen molar-refractivity contribution in [2.24, 2.45) is 0 Å². The van der Waals surface area contributed by atoms with Gasteiger partial charge in [-0.25, -0.2) is 4.63 Å². The Kier molecular flexibility index (Phi) is 3.97. The van der Waals surface area contributed by atoms with E-state index in [2.05, 4.69) is 15.6 Å². The van der Waals surface area contributed by atoms with Gasteiger partial charge in [0.05, 0.1) is 12.5 Å². The Labute approximate surface area is 167 Å². The smallest absolute Gasteiger partial charge is 0.237 e. The van der Waals surface area contributed by atoms with E-state index in [-0.39, 0.29) is 24.3 Å². The number of anilines is 1.